The van der Waals surface area contributed by atoms with Gasteiger partial charge in [-0.05, 0) is 74.0 Å². The predicted octanol–water partition coefficient (Wildman–Crippen LogP) is 7.11. The third kappa shape index (κ3) is 21.0. The Morgan fingerprint density at radius 1 is 0.583 bits per heavy atom. The van der Waals surface area contributed by atoms with Crippen molar-refractivity contribution in [3.8, 4) is 0 Å². The Morgan fingerprint density at radius 2 is 0.889 bits per heavy atom. The summed E-state index contributed by atoms with van der Waals surface area (Å²) >= 11 is 0. The van der Waals surface area contributed by atoms with Crippen LogP contribution >= 0.6 is 41.2 Å². The van der Waals surface area contributed by atoms with E-state index in [1.807, 2.05) is 82.8 Å². The third-order valence-electron chi connectivity index (χ3n) is 4.25. The van der Waals surface area contributed by atoms with Crippen LogP contribution in [0.4, 0.5) is 0 Å². The van der Waals surface area contributed by atoms with Crippen LogP contribution < -0.4 is 0 Å². The molecule has 0 aliphatic heterocycles. The lowest BCUT2D eigenvalue weighted by Crippen LogP contribution is -2.46. The first kappa shape index (κ1) is 39.2. The molecule has 0 heterocycles. The molecule has 0 unspecified atom stereocenters. The van der Waals surface area contributed by atoms with E-state index in [0.717, 1.165) is 36.4 Å². The minimum Gasteiger partial charge on any atom is -0.469 e. The van der Waals surface area contributed by atoms with Crippen LogP contribution in [0.2, 0.25) is 12.1 Å². The van der Waals surface area contributed by atoms with Crippen molar-refractivity contribution in [1.29, 1.82) is 0 Å². The minimum absolute atomic E-state index is 0.157. The van der Waals surface area contributed by atoms with E-state index in [1.54, 1.807) is 6.92 Å². The zero-order valence-electron chi connectivity index (χ0n) is 23.6. The molecule has 0 N–H and O–H groups in total. The highest BCUT2D eigenvalue weighted by molar-refractivity contribution is 9.26. The fraction of sp³-hybridized carbons (Fsp3) is 0.955. The van der Waals surface area contributed by atoms with Crippen molar-refractivity contribution in [1.82, 2.24) is 0 Å². The van der Waals surface area contributed by atoms with Crippen molar-refractivity contribution < 1.29 is 36.1 Å². The second kappa shape index (κ2) is 27.6. The number of rotatable bonds is 24. The smallest absolute Gasteiger partial charge is 0.469 e. The highest BCUT2D eigenvalue weighted by Gasteiger charge is 2.40. The first-order valence-corrected chi connectivity index (χ1v) is 21.9. The van der Waals surface area contributed by atoms with E-state index in [0.29, 0.717) is 46.1 Å². The van der Waals surface area contributed by atoms with Crippen LogP contribution in [-0.2, 0) is 36.1 Å². The molecule has 0 radical (unpaired) electrons. The third-order valence-corrected chi connectivity index (χ3v) is 17.2. The molecule has 0 aromatic rings. The second-order valence-corrected chi connectivity index (χ2v) is 18.6. The van der Waals surface area contributed by atoms with E-state index in [1.165, 1.54) is 7.11 Å². The lowest BCUT2D eigenvalue weighted by molar-refractivity contribution is -0.140. The fourth-order valence-corrected chi connectivity index (χ4v) is 14.8. The van der Waals surface area contributed by atoms with Gasteiger partial charge >= 0.3 is 23.6 Å². The zero-order valence-corrected chi connectivity index (χ0v) is 28.9. The topological polar surface area (TPSA) is 81.7 Å². The lowest BCUT2D eigenvalue weighted by Gasteiger charge is -2.28. The average Bonchev–Trinajstić information content (AvgIpc) is 2.86. The summed E-state index contributed by atoms with van der Waals surface area (Å²) in [7, 11) is 3.86. The first-order valence-electron chi connectivity index (χ1n) is 12.9. The number of carbonyl (C=O) groups excluding carboxylic acids is 1. The Morgan fingerprint density at radius 3 is 1.08 bits per heavy atom. The van der Waals surface area contributed by atoms with Crippen LogP contribution in [-0.4, -0.2) is 81.8 Å². The summed E-state index contributed by atoms with van der Waals surface area (Å²) in [6, 6.07) is 1.76. The molecule has 0 saturated heterocycles. The molecule has 0 saturated carbocycles. The Hall–Kier alpha value is 1.06. The molecule has 0 aromatic carbocycles. The summed E-state index contributed by atoms with van der Waals surface area (Å²) in [5, 5.41) is 0. The maximum atomic E-state index is 9.96. The summed E-state index contributed by atoms with van der Waals surface area (Å²) in [6.45, 7) is 17.6. The molecule has 0 atom stereocenters. The molecule has 36 heavy (non-hydrogen) atoms. The number of ether oxygens (including phenoxy) is 1. The summed E-state index contributed by atoms with van der Waals surface area (Å²) in [6.07, 6.45) is 2.55. The van der Waals surface area contributed by atoms with Crippen LogP contribution in [0.15, 0.2) is 0 Å². The van der Waals surface area contributed by atoms with Crippen molar-refractivity contribution in [2.75, 3.05) is 58.3 Å². The fourth-order valence-electron chi connectivity index (χ4n) is 2.95. The van der Waals surface area contributed by atoms with Gasteiger partial charge in [0, 0.05) is 69.7 Å². The van der Waals surface area contributed by atoms with Gasteiger partial charge in [0.25, 0.3) is 0 Å². The molecule has 8 nitrogen and oxygen atoms in total. The maximum Gasteiger partial charge on any atom is 0.500 e. The standard InChI is InChI=1S/C18H42O6S4Si2.C4H8O2/c1-7-19-29(20-8-2,21-9-3)17-13-15-25-27-28-26-16-14-18-30(22-10-4,23-11-5)24-12-6;1-3-4(5)6-2/h7-18H2,1-6H3;3H2,1-2H3. The Labute approximate surface area is 238 Å². The number of methoxy groups -OCH3 is 1. The van der Waals surface area contributed by atoms with Gasteiger partial charge in [0.2, 0.25) is 0 Å². The molecule has 0 fully saturated rings. The van der Waals surface area contributed by atoms with Gasteiger partial charge in [-0.25, -0.2) is 0 Å². The molecule has 14 heteroatoms. The monoisotopic (exact) mass is 626 g/mol. The van der Waals surface area contributed by atoms with Crippen LogP contribution in [0, 0.1) is 0 Å². The molecular weight excluding hydrogens is 577 g/mol. The molecule has 0 bridgehead atoms. The Balaban J connectivity index is 0. The number of carbonyl (C=O) groups is 1. The zero-order chi connectivity index (χ0) is 27.5. The van der Waals surface area contributed by atoms with Crippen molar-refractivity contribution >= 4 is 64.8 Å². The molecule has 0 aliphatic rings. The Bertz CT molecular complexity index is 425. The Kier molecular flexibility index (Phi) is 30.1. The van der Waals surface area contributed by atoms with Crippen molar-refractivity contribution in [2.45, 2.75) is 79.8 Å². The van der Waals surface area contributed by atoms with Gasteiger partial charge in [0.05, 0.1) is 7.11 Å². The van der Waals surface area contributed by atoms with Crippen LogP contribution in [0.1, 0.15) is 67.7 Å². The molecule has 0 amide bonds. The highest BCUT2D eigenvalue weighted by atomic mass is 33.7. The van der Waals surface area contributed by atoms with Crippen LogP contribution in [0.3, 0.4) is 0 Å². The van der Waals surface area contributed by atoms with Crippen molar-refractivity contribution in [3.05, 3.63) is 0 Å². The van der Waals surface area contributed by atoms with E-state index < -0.39 is 17.6 Å². The second-order valence-electron chi connectivity index (χ2n) is 6.88. The van der Waals surface area contributed by atoms with Gasteiger partial charge in [-0.15, -0.1) is 0 Å². The molecular formula is C22H50O8S4Si2. The van der Waals surface area contributed by atoms with Crippen LogP contribution in [0.25, 0.3) is 0 Å². The van der Waals surface area contributed by atoms with Crippen molar-refractivity contribution in [2.24, 2.45) is 0 Å². The van der Waals surface area contributed by atoms with Gasteiger partial charge in [0.1, 0.15) is 0 Å². The number of hydrogen-bond donors (Lipinski definition) is 0. The highest BCUT2D eigenvalue weighted by Crippen LogP contribution is 2.44. The predicted molar refractivity (Wildman–Crippen MR) is 163 cm³/mol. The first-order chi connectivity index (χ1) is 17.4. The van der Waals surface area contributed by atoms with E-state index in [4.69, 9.17) is 26.6 Å². The molecule has 218 valence electrons. The molecule has 0 rings (SSSR count). The average molecular weight is 627 g/mol. The van der Waals surface area contributed by atoms with E-state index in [2.05, 4.69) is 4.74 Å². The number of hydrogen-bond acceptors (Lipinski definition) is 12. The minimum atomic E-state index is -2.49. The quantitative estimate of drug-likeness (QED) is 0.0474. The molecule has 0 aromatic heterocycles. The van der Waals surface area contributed by atoms with Gasteiger partial charge in [-0.1, -0.05) is 28.5 Å². The summed E-state index contributed by atoms with van der Waals surface area (Å²) in [5.41, 5.74) is 0. The van der Waals surface area contributed by atoms with E-state index >= 15 is 0 Å². The largest absolute Gasteiger partial charge is 0.500 e. The normalized spacial score (nSPS) is 11.8. The van der Waals surface area contributed by atoms with Gasteiger partial charge < -0.3 is 31.3 Å². The van der Waals surface area contributed by atoms with Gasteiger partial charge in [0.15, 0.2) is 0 Å². The van der Waals surface area contributed by atoms with Crippen LogP contribution in [0.5, 0.6) is 0 Å². The summed E-state index contributed by atoms with van der Waals surface area (Å²) < 4.78 is 39.7. The van der Waals surface area contributed by atoms with Crippen molar-refractivity contribution in [3.63, 3.8) is 0 Å². The maximum absolute atomic E-state index is 9.96. The number of esters is 1. The molecule has 0 spiro atoms. The lowest BCUT2D eigenvalue weighted by atomic mass is 10.5. The van der Waals surface area contributed by atoms with Gasteiger partial charge in [-0.2, -0.15) is 0 Å². The summed E-state index contributed by atoms with van der Waals surface area (Å²) in [4.78, 5) is 9.96. The van der Waals surface area contributed by atoms with Gasteiger partial charge in [-0.3, -0.25) is 4.79 Å². The molecule has 0 aliphatic carbocycles. The van der Waals surface area contributed by atoms with E-state index in [-0.39, 0.29) is 5.97 Å². The summed E-state index contributed by atoms with van der Waals surface area (Å²) in [5.74, 6) is 1.97. The SMILES string of the molecule is CCC(=O)OC.CCO[Si](CCCSSSSCCC[Si](OCC)(OCC)OCC)(OCC)OCC. The van der Waals surface area contributed by atoms with E-state index in [9.17, 15) is 4.79 Å².